The highest BCUT2D eigenvalue weighted by Gasteiger charge is 2.55. The highest BCUT2D eigenvalue weighted by atomic mass is 32.2. The molecule has 2 N–H and O–H groups in total. The Hall–Kier alpha value is -1.80. The summed E-state index contributed by atoms with van der Waals surface area (Å²) < 4.78 is 5.24. The summed E-state index contributed by atoms with van der Waals surface area (Å²) in [5.74, 6) is -2.52. The van der Waals surface area contributed by atoms with Crippen LogP contribution in [0.3, 0.4) is 0 Å². The Morgan fingerprint density at radius 3 is 2.55 bits per heavy atom. The number of carbonyl (C=O) groups is 3. The van der Waals surface area contributed by atoms with E-state index in [0.29, 0.717) is 10.5 Å². The van der Waals surface area contributed by atoms with Crippen LogP contribution in [-0.4, -0.2) is 51.0 Å². The second-order valence-corrected chi connectivity index (χ2v) is 6.70. The molecule has 22 heavy (non-hydrogen) atoms. The third-order valence-electron chi connectivity index (χ3n) is 4.32. The molecule has 1 amide bonds. The van der Waals surface area contributed by atoms with Crippen molar-refractivity contribution in [2.24, 2.45) is 5.92 Å². The van der Waals surface area contributed by atoms with Gasteiger partial charge < -0.3 is 14.9 Å². The van der Waals surface area contributed by atoms with Crippen molar-refractivity contribution in [1.29, 1.82) is 0 Å². The first kappa shape index (κ1) is 15.1. The van der Waals surface area contributed by atoms with Gasteiger partial charge in [-0.05, 0) is 19.4 Å². The number of fused-ring (bicyclic) bond motifs is 1. The molecule has 1 saturated heterocycles. The van der Waals surface area contributed by atoms with Gasteiger partial charge in [-0.25, -0.2) is 9.59 Å². The largest absolute Gasteiger partial charge is 0.477 e. The van der Waals surface area contributed by atoms with Gasteiger partial charge in [0, 0.05) is 16.9 Å². The lowest BCUT2D eigenvalue weighted by Crippen LogP contribution is -2.58. The molecule has 0 saturated carbocycles. The molecule has 3 rings (SSSR count). The van der Waals surface area contributed by atoms with Crippen molar-refractivity contribution >= 4 is 29.6 Å². The number of carboxylic acid groups (broad SMARTS) is 1. The Kier molecular flexibility index (Phi) is 3.53. The topological polar surface area (TPSA) is 104 Å². The predicted molar refractivity (Wildman–Crippen MR) is 76.3 cm³/mol. The first-order valence-corrected chi connectivity index (χ1v) is 7.70. The monoisotopic (exact) mass is 325 g/mol. The Morgan fingerprint density at radius 2 is 2.05 bits per heavy atom. The summed E-state index contributed by atoms with van der Waals surface area (Å²) in [4.78, 5) is 36.7. The first-order chi connectivity index (χ1) is 10.4. The molecule has 8 heteroatoms. The Morgan fingerprint density at radius 1 is 1.36 bits per heavy atom. The Labute approximate surface area is 130 Å². The van der Waals surface area contributed by atoms with Crippen LogP contribution in [0.5, 0.6) is 0 Å². The van der Waals surface area contributed by atoms with E-state index in [1.165, 1.54) is 16.7 Å². The number of hydrogen-bond donors (Lipinski definition) is 2. The molecule has 0 aromatic carbocycles. The average Bonchev–Trinajstić information content (AvgIpc) is 2.91. The molecule has 0 aromatic rings. The normalized spacial score (nSPS) is 30.7. The van der Waals surface area contributed by atoms with Crippen molar-refractivity contribution < 1.29 is 29.3 Å². The van der Waals surface area contributed by atoms with Gasteiger partial charge in [-0.3, -0.25) is 9.69 Å². The molecule has 3 aliphatic heterocycles. The zero-order valence-electron chi connectivity index (χ0n) is 12.0. The lowest BCUT2D eigenvalue weighted by atomic mass is 9.98. The van der Waals surface area contributed by atoms with E-state index in [-0.39, 0.29) is 30.0 Å². The molecular formula is C14H15NO6S. The Balaban J connectivity index is 1.86. The van der Waals surface area contributed by atoms with Crippen LogP contribution in [0.1, 0.15) is 20.3 Å². The molecule has 3 aliphatic rings. The number of rotatable bonds is 4. The third kappa shape index (κ3) is 1.98. The van der Waals surface area contributed by atoms with Crippen molar-refractivity contribution in [3.63, 3.8) is 0 Å². The number of aliphatic hydroxyl groups is 1. The predicted octanol–water partition coefficient (Wildman–Crippen LogP) is 0.458. The van der Waals surface area contributed by atoms with E-state index >= 15 is 0 Å². The van der Waals surface area contributed by atoms with Gasteiger partial charge in [0.05, 0.1) is 12.5 Å². The van der Waals surface area contributed by atoms with Crippen molar-refractivity contribution in [1.82, 2.24) is 4.90 Å². The minimum absolute atomic E-state index is 0.0573. The number of cyclic esters (lactones) is 1. The highest BCUT2D eigenvalue weighted by molar-refractivity contribution is 8.04. The fourth-order valence-electron chi connectivity index (χ4n) is 2.84. The smallest absolute Gasteiger partial charge is 0.353 e. The van der Waals surface area contributed by atoms with E-state index < -0.39 is 24.0 Å². The maximum absolute atomic E-state index is 11.9. The summed E-state index contributed by atoms with van der Waals surface area (Å²) in [5, 5.41) is 18.2. The summed E-state index contributed by atoms with van der Waals surface area (Å²) in [6.07, 6.45) is -0.259. The molecule has 0 aliphatic carbocycles. The molecule has 0 radical (unpaired) electrons. The zero-order valence-corrected chi connectivity index (χ0v) is 12.8. The average molecular weight is 325 g/mol. The van der Waals surface area contributed by atoms with Gasteiger partial charge in [0.15, 0.2) is 0 Å². The van der Waals surface area contributed by atoms with Gasteiger partial charge in [-0.2, -0.15) is 0 Å². The third-order valence-corrected chi connectivity index (χ3v) is 5.75. The van der Waals surface area contributed by atoms with Crippen LogP contribution >= 0.6 is 11.8 Å². The molecule has 0 aromatic heterocycles. The van der Waals surface area contributed by atoms with Gasteiger partial charge in [0.25, 0.3) is 0 Å². The van der Waals surface area contributed by atoms with Gasteiger partial charge in [0.1, 0.15) is 17.2 Å². The number of hydrogen-bond acceptors (Lipinski definition) is 6. The van der Waals surface area contributed by atoms with Crippen molar-refractivity contribution in [3.8, 4) is 0 Å². The van der Waals surface area contributed by atoms with Crippen molar-refractivity contribution in [2.75, 3.05) is 6.61 Å². The van der Waals surface area contributed by atoms with Crippen LogP contribution in [0.2, 0.25) is 0 Å². The van der Waals surface area contributed by atoms with Crippen LogP contribution in [0.25, 0.3) is 0 Å². The lowest BCUT2D eigenvalue weighted by molar-refractivity contribution is -0.153. The number of aliphatic hydroxyl groups excluding tert-OH is 1. The molecule has 1 fully saturated rings. The molecule has 3 heterocycles. The number of esters is 1. The van der Waals surface area contributed by atoms with E-state index in [1.54, 1.807) is 13.8 Å². The summed E-state index contributed by atoms with van der Waals surface area (Å²) in [5.41, 5.74) is 1.26. The van der Waals surface area contributed by atoms with Crippen molar-refractivity contribution in [2.45, 2.75) is 31.7 Å². The standard InChI is InChI=1S/C14H15NO6S/c1-5-6(2)14(20)21-8(5)3-9-10(13(18)19)15-11(17)7(4-16)12(15)22-9/h7-8,12,16H,3-4H2,1-2H3,(H,18,19)/t7-,8?,12+/m0/s1. The van der Waals surface area contributed by atoms with Crippen molar-refractivity contribution in [3.05, 3.63) is 21.7 Å². The quantitative estimate of drug-likeness (QED) is 0.571. The van der Waals surface area contributed by atoms with Crippen LogP contribution in [0.4, 0.5) is 0 Å². The minimum Gasteiger partial charge on any atom is -0.477 e. The van der Waals surface area contributed by atoms with Gasteiger partial charge in [0.2, 0.25) is 5.91 Å². The molecule has 0 bridgehead atoms. The maximum Gasteiger partial charge on any atom is 0.353 e. The zero-order chi connectivity index (χ0) is 16.2. The summed E-state index contributed by atoms with van der Waals surface area (Å²) >= 11 is 1.25. The first-order valence-electron chi connectivity index (χ1n) is 6.82. The summed E-state index contributed by atoms with van der Waals surface area (Å²) in [6, 6.07) is 0. The molecule has 3 atom stereocenters. The molecule has 0 spiro atoms. The summed E-state index contributed by atoms with van der Waals surface area (Å²) in [7, 11) is 0. The second-order valence-electron chi connectivity index (χ2n) is 5.49. The molecule has 7 nitrogen and oxygen atoms in total. The Bertz CT molecular complexity index is 652. The number of nitrogens with zero attached hydrogens (tertiary/aromatic N) is 1. The van der Waals surface area contributed by atoms with E-state index in [4.69, 9.17) is 4.74 Å². The van der Waals surface area contributed by atoms with Gasteiger partial charge in [-0.1, -0.05) is 0 Å². The minimum atomic E-state index is -1.18. The lowest BCUT2D eigenvalue weighted by Gasteiger charge is -2.41. The van der Waals surface area contributed by atoms with Crippen LogP contribution in [0, 0.1) is 5.92 Å². The number of amides is 1. The fraction of sp³-hybridized carbons (Fsp3) is 0.500. The van der Waals surface area contributed by atoms with Gasteiger partial charge >= 0.3 is 11.9 Å². The highest BCUT2D eigenvalue weighted by Crippen LogP contribution is 2.51. The maximum atomic E-state index is 11.9. The number of thioether (sulfide) groups is 1. The fourth-order valence-corrected chi connectivity index (χ4v) is 4.36. The second kappa shape index (κ2) is 5.13. The molecule has 1 unspecified atom stereocenters. The number of carbonyl (C=O) groups excluding carboxylic acids is 2. The van der Waals surface area contributed by atoms with E-state index in [9.17, 15) is 24.6 Å². The van der Waals surface area contributed by atoms with Crippen LogP contribution in [-0.2, 0) is 19.1 Å². The van der Waals surface area contributed by atoms with E-state index in [1.807, 2.05) is 0 Å². The number of ether oxygens (including phenoxy) is 1. The molecule has 118 valence electrons. The SMILES string of the molecule is CC1=C(C)C(CC2=C(C(=O)O)N3C(=O)[C@H](CO)[C@H]3S2)OC1=O. The van der Waals surface area contributed by atoms with E-state index in [2.05, 4.69) is 0 Å². The van der Waals surface area contributed by atoms with Crippen LogP contribution in [0.15, 0.2) is 21.7 Å². The summed E-state index contributed by atoms with van der Waals surface area (Å²) in [6.45, 7) is 3.15. The van der Waals surface area contributed by atoms with Crippen LogP contribution < -0.4 is 0 Å². The number of carboxylic acids is 1. The van der Waals surface area contributed by atoms with Gasteiger partial charge in [-0.15, -0.1) is 11.8 Å². The molecular weight excluding hydrogens is 310 g/mol. The number of aliphatic carboxylic acids is 1. The van der Waals surface area contributed by atoms with E-state index in [0.717, 1.165) is 5.57 Å². The number of β-lactam (4-membered cyclic amide) rings is 1.